The zero-order valence-electron chi connectivity index (χ0n) is 12.7. The van der Waals surface area contributed by atoms with Gasteiger partial charge >= 0.3 is 0 Å². The monoisotopic (exact) mass is 299 g/mol. The predicted molar refractivity (Wildman–Crippen MR) is 82.0 cm³/mol. The first-order chi connectivity index (χ1) is 9.09. The molecule has 0 saturated carbocycles. The molecule has 0 radical (unpaired) electrons. The first kappa shape index (κ1) is 16.9. The van der Waals surface area contributed by atoms with E-state index in [1.807, 2.05) is 0 Å². The van der Waals surface area contributed by atoms with E-state index in [9.17, 15) is 8.42 Å². The Morgan fingerprint density at radius 1 is 1.40 bits per heavy atom. The molecule has 1 rings (SSSR count). The lowest BCUT2D eigenvalue weighted by Gasteiger charge is -2.23. The second kappa shape index (κ2) is 6.54. The zero-order valence-corrected chi connectivity index (χ0v) is 13.5. The first-order valence-corrected chi connectivity index (χ1v) is 8.36. The maximum atomic E-state index is 11.4. The summed E-state index contributed by atoms with van der Waals surface area (Å²) in [6.07, 6.45) is 3.63. The largest absolute Gasteiger partial charge is 0.369 e. The first-order valence-electron chi connectivity index (χ1n) is 6.81. The van der Waals surface area contributed by atoms with Crippen molar-refractivity contribution >= 4 is 15.8 Å². The van der Waals surface area contributed by atoms with E-state index in [0.717, 1.165) is 12.8 Å². The Labute approximate surface area is 122 Å². The highest BCUT2D eigenvalue weighted by atomic mass is 32.2. The number of nitrogens with zero attached hydrogens (tertiary/aromatic N) is 1. The van der Waals surface area contributed by atoms with E-state index in [1.54, 1.807) is 12.3 Å². The molecular formula is C14H25N3O2S. The second-order valence-electron chi connectivity index (χ2n) is 6.48. The van der Waals surface area contributed by atoms with Gasteiger partial charge in [-0.3, -0.25) is 0 Å². The van der Waals surface area contributed by atoms with Gasteiger partial charge in [-0.05, 0) is 36.3 Å². The second-order valence-corrected chi connectivity index (χ2v) is 8.01. The summed E-state index contributed by atoms with van der Waals surface area (Å²) in [5, 5.41) is 8.23. The fourth-order valence-electron chi connectivity index (χ4n) is 2.34. The molecule has 20 heavy (non-hydrogen) atoms. The van der Waals surface area contributed by atoms with Gasteiger partial charge in [-0.15, -0.1) is 0 Å². The molecule has 114 valence electrons. The Balaban J connectivity index is 2.59. The third kappa shape index (κ3) is 5.88. The average Bonchev–Trinajstić information content (AvgIpc) is 2.25. The molecule has 6 heteroatoms. The Hall–Kier alpha value is -1.14. The van der Waals surface area contributed by atoms with Gasteiger partial charge in [0.05, 0.1) is 0 Å². The fraction of sp³-hybridized carbons (Fsp3) is 0.643. The normalized spacial score (nSPS) is 14.1. The lowest BCUT2D eigenvalue weighted by Crippen LogP contribution is -2.18. The van der Waals surface area contributed by atoms with Gasteiger partial charge in [0.15, 0.2) is 0 Å². The number of rotatable bonds is 6. The lowest BCUT2D eigenvalue weighted by atomic mass is 9.84. The van der Waals surface area contributed by atoms with Crippen molar-refractivity contribution in [2.45, 2.75) is 45.4 Å². The summed E-state index contributed by atoms with van der Waals surface area (Å²) in [6.45, 7) is 9.53. The van der Waals surface area contributed by atoms with Crippen LogP contribution in [0.2, 0.25) is 0 Å². The molecule has 0 saturated heterocycles. The van der Waals surface area contributed by atoms with Crippen LogP contribution in [0.1, 0.15) is 40.5 Å². The van der Waals surface area contributed by atoms with Crippen LogP contribution < -0.4 is 10.5 Å². The predicted octanol–water partition coefficient (Wildman–Crippen LogP) is 2.60. The van der Waals surface area contributed by atoms with Crippen LogP contribution in [0.4, 0.5) is 5.82 Å². The summed E-state index contributed by atoms with van der Waals surface area (Å²) in [5.41, 5.74) is 0.302. The maximum absolute atomic E-state index is 11.4. The number of hydrogen-bond donors (Lipinski definition) is 2. The molecule has 3 N–H and O–H groups in total. The molecule has 1 heterocycles. The van der Waals surface area contributed by atoms with Crippen LogP contribution in [0.25, 0.3) is 0 Å². The standard InChI is InChI=1S/C14H25N3O2S/c1-11(10-14(2,3)4)7-9-17-13-12(20(15,18)19)6-5-8-16-13/h5-6,8,11H,7,9-10H2,1-4H3,(H,16,17)(H2,15,18,19). The van der Waals surface area contributed by atoms with Crippen molar-refractivity contribution in [2.75, 3.05) is 11.9 Å². The lowest BCUT2D eigenvalue weighted by molar-refractivity contribution is 0.300. The minimum atomic E-state index is -3.74. The van der Waals surface area contributed by atoms with E-state index < -0.39 is 10.0 Å². The number of hydrogen-bond acceptors (Lipinski definition) is 4. The van der Waals surface area contributed by atoms with E-state index in [1.165, 1.54) is 6.07 Å². The molecular weight excluding hydrogens is 274 g/mol. The molecule has 0 aromatic carbocycles. The SMILES string of the molecule is CC(CCNc1ncccc1S(N)(=O)=O)CC(C)(C)C. The Kier molecular flexibility index (Phi) is 5.53. The third-order valence-electron chi connectivity index (χ3n) is 2.97. The molecule has 0 aliphatic heterocycles. The Bertz CT molecular complexity index is 536. The molecule has 1 unspecified atom stereocenters. The molecule has 0 bridgehead atoms. The molecule has 0 aliphatic rings. The van der Waals surface area contributed by atoms with Gasteiger partial charge in [-0.1, -0.05) is 27.7 Å². The Morgan fingerprint density at radius 2 is 2.05 bits per heavy atom. The van der Waals surface area contributed by atoms with Gasteiger partial charge in [-0.2, -0.15) is 0 Å². The summed E-state index contributed by atoms with van der Waals surface area (Å²) in [4.78, 5) is 4.09. The quantitative estimate of drug-likeness (QED) is 0.845. The zero-order chi connectivity index (χ0) is 15.4. The van der Waals surface area contributed by atoms with Crippen LogP contribution in [-0.4, -0.2) is 19.9 Å². The van der Waals surface area contributed by atoms with Crippen LogP contribution in [-0.2, 0) is 10.0 Å². The van der Waals surface area contributed by atoms with Crippen LogP contribution in [0, 0.1) is 11.3 Å². The summed E-state index contributed by atoms with van der Waals surface area (Å²) >= 11 is 0. The van der Waals surface area contributed by atoms with E-state index in [4.69, 9.17) is 5.14 Å². The number of aromatic nitrogens is 1. The molecule has 5 nitrogen and oxygen atoms in total. The topological polar surface area (TPSA) is 85.1 Å². The Morgan fingerprint density at radius 3 is 2.60 bits per heavy atom. The molecule has 1 atom stereocenters. The average molecular weight is 299 g/mol. The summed E-state index contributed by atoms with van der Waals surface area (Å²) in [5.74, 6) is 0.891. The molecule has 0 fully saturated rings. The number of nitrogens with two attached hydrogens (primary N) is 1. The summed E-state index contributed by atoms with van der Waals surface area (Å²) in [6, 6.07) is 3.02. The van der Waals surface area contributed by atoms with Gasteiger partial charge in [0, 0.05) is 12.7 Å². The third-order valence-corrected chi connectivity index (χ3v) is 3.91. The van der Waals surface area contributed by atoms with Crippen molar-refractivity contribution in [1.29, 1.82) is 0 Å². The van der Waals surface area contributed by atoms with Crippen LogP contribution in [0.5, 0.6) is 0 Å². The number of pyridine rings is 1. The van der Waals surface area contributed by atoms with Crippen molar-refractivity contribution in [3.8, 4) is 0 Å². The van der Waals surface area contributed by atoms with E-state index in [-0.39, 0.29) is 4.90 Å². The van der Waals surface area contributed by atoms with Gasteiger partial charge in [0.2, 0.25) is 10.0 Å². The van der Waals surface area contributed by atoms with Gasteiger partial charge in [0.1, 0.15) is 10.7 Å². The van der Waals surface area contributed by atoms with Gasteiger partial charge in [0.25, 0.3) is 0 Å². The van der Waals surface area contributed by atoms with E-state index in [0.29, 0.717) is 23.7 Å². The smallest absolute Gasteiger partial charge is 0.241 e. The molecule has 0 aliphatic carbocycles. The highest BCUT2D eigenvalue weighted by Crippen LogP contribution is 2.26. The van der Waals surface area contributed by atoms with Crippen molar-refractivity contribution in [3.63, 3.8) is 0 Å². The molecule has 0 spiro atoms. The summed E-state index contributed by atoms with van der Waals surface area (Å²) in [7, 11) is -3.74. The van der Waals surface area contributed by atoms with Crippen molar-refractivity contribution < 1.29 is 8.42 Å². The van der Waals surface area contributed by atoms with Crippen molar-refractivity contribution in [3.05, 3.63) is 18.3 Å². The van der Waals surface area contributed by atoms with Gasteiger partial charge < -0.3 is 5.32 Å². The van der Waals surface area contributed by atoms with Gasteiger partial charge in [-0.25, -0.2) is 18.5 Å². The van der Waals surface area contributed by atoms with Crippen LogP contribution in [0.3, 0.4) is 0 Å². The molecule has 0 amide bonds. The number of anilines is 1. The number of nitrogens with one attached hydrogen (secondary N) is 1. The highest BCUT2D eigenvalue weighted by molar-refractivity contribution is 7.89. The molecule has 1 aromatic heterocycles. The summed E-state index contributed by atoms with van der Waals surface area (Å²) < 4.78 is 22.9. The minimum absolute atomic E-state index is 0.0449. The van der Waals surface area contributed by atoms with Crippen LogP contribution >= 0.6 is 0 Å². The maximum Gasteiger partial charge on any atom is 0.241 e. The van der Waals surface area contributed by atoms with Crippen molar-refractivity contribution in [1.82, 2.24) is 4.98 Å². The highest BCUT2D eigenvalue weighted by Gasteiger charge is 2.16. The molecule has 1 aromatic rings. The van der Waals surface area contributed by atoms with E-state index >= 15 is 0 Å². The van der Waals surface area contributed by atoms with Crippen LogP contribution in [0.15, 0.2) is 23.2 Å². The number of primary sulfonamides is 1. The fourth-order valence-corrected chi connectivity index (χ4v) is 3.00. The minimum Gasteiger partial charge on any atom is -0.369 e. The van der Waals surface area contributed by atoms with E-state index in [2.05, 4.69) is 38.0 Å². The number of sulfonamides is 1. The van der Waals surface area contributed by atoms with Crippen molar-refractivity contribution in [2.24, 2.45) is 16.5 Å².